The van der Waals surface area contributed by atoms with Gasteiger partial charge in [0.05, 0.1) is 6.61 Å². The van der Waals surface area contributed by atoms with E-state index in [1.807, 2.05) is 58.2 Å². The number of para-hydroxylation sites is 1. The molecule has 2 aromatic carbocycles. The molecule has 3 rings (SSSR count). The smallest absolute Gasteiger partial charge is 0.321 e. The first kappa shape index (κ1) is 26.4. The van der Waals surface area contributed by atoms with Crippen molar-refractivity contribution in [3.8, 4) is 11.5 Å². The molecule has 1 heterocycles. The first-order valence-corrected chi connectivity index (χ1v) is 11.9. The van der Waals surface area contributed by atoms with Gasteiger partial charge in [0.25, 0.3) is 5.91 Å². The summed E-state index contributed by atoms with van der Waals surface area (Å²) in [5.41, 5.74) is 2.16. The number of aliphatic carboxylic acids is 1. The molecule has 35 heavy (non-hydrogen) atoms. The van der Waals surface area contributed by atoms with E-state index in [1.54, 1.807) is 12.1 Å². The molecule has 1 unspecified atom stereocenters. The number of aromatic nitrogens is 1. The number of amides is 1. The molecular formula is C26H32ClN3O5. The van der Waals surface area contributed by atoms with Crippen molar-refractivity contribution in [3.05, 3.63) is 58.7 Å². The number of carboxylic acid groups (broad SMARTS) is 1. The van der Waals surface area contributed by atoms with Crippen LogP contribution in [0, 0.1) is 0 Å². The zero-order chi connectivity index (χ0) is 25.6. The highest BCUT2D eigenvalue weighted by molar-refractivity contribution is 6.31. The van der Waals surface area contributed by atoms with Crippen LogP contribution in [0.2, 0.25) is 5.02 Å². The lowest BCUT2D eigenvalue weighted by molar-refractivity contribution is -0.139. The molecular weight excluding hydrogens is 470 g/mol. The molecule has 0 spiro atoms. The van der Waals surface area contributed by atoms with E-state index in [1.165, 1.54) is 0 Å². The number of benzene rings is 2. The minimum absolute atomic E-state index is 0.184. The van der Waals surface area contributed by atoms with Crippen molar-refractivity contribution in [3.63, 3.8) is 0 Å². The summed E-state index contributed by atoms with van der Waals surface area (Å²) in [6.07, 6.45) is 2.14. The van der Waals surface area contributed by atoms with Gasteiger partial charge in [-0.1, -0.05) is 29.8 Å². The number of aromatic amines is 1. The Labute approximate surface area is 210 Å². The minimum Gasteiger partial charge on any atom is -0.490 e. The highest BCUT2D eigenvalue weighted by atomic mass is 35.5. The number of hydrogen-bond donors (Lipinski definition) is 4. The summed E-state index contributed by atoms with van der Waals surface area (Å²) < 4.78 is 11.4. The van der Waals surface area contributed by atoms with Gasteiger partial charge in [-0.2, -0.15) is 0 Å². The first-order chi connectivity index (χ1) is 16.6. The van der Waals surface area contributed by atoms with Crippen molar-refractivity contribution >= 4 is 34.4 Å². The van der Waals surface area contributed by atoms with Crippen LogP contribution in [0.5, 0.6) is 11.5 Å². The Morgan fingerprint density at radius 3 is 2.51 bits per heavy atom. The fraction of sp³-hybridized carbons (Fsp3) is 0.385. The van der Waals surface area contributed by atoms with Gasteiger partial charge in [0.15, 0.2) is 18.1 Å². The zero-order valence-corrected chi connectivity index (χ0v) is 21.2. The maximum absolute atomic E-state index is 12.1. The van der Waals surface area contributed by atoms with Crippen LogP contribution in [0.15, 0.2) is 42.6 Å². The number of H-pyrrole nitrogens is 1. The molecule has 1 atom stereocenters. The Hall–Kier alpha value is -3.23. The lowest BCUT2D eigenvalue weighted by Gasteiger charge is -2.21. The standard InChI is InChI=1S/C26H32ClN3O5/c1-5-34-22-11-17(19(27)12-23(22)35-15-24(31)30-26(2,3)4)14-29-21(25(32)33)10-16-13-28-20-9-7-6-8-18(16)20/h6-9,11-13,21,28-29H,5,10,14-15H2,1-4H3,(H,30,31)(H,32,33). The SMILES string of the molecule is CCOc1cc(CNC(Cc2c[nH]c3ccccc23)C(=O)O)c(Cl)cc1OCC(=O)NC(C)(C)C. The van der Waals surface area contributed by atoms with Gasteiger partial charge in [-0.3, -0.25) is 14.9 Å². The summed E-state index contributed by atoms with van der Waals surface area (Å²) >= 11 is 6.48. The van der Waals surface area contributed by atoms with Gasteiger partial charge < -0.3 is 24.9 Å². The summed E-state index contributed by atoms with van der Waals surface area (Å²) in [5, 5.41) is 17.1. The number of carbonyl (C=O) groups is 2. The van der Waals surface area contributed by atoms with Crippen molar-refractivity contribution in [1.29, 1.82) is 0 Å². The summed E-state index contributed by atoms with van der Waals surface area (Å²) in [6.45, 7) is 7.91. The number of halogens is 1. The van der Waals surface area contributed by atoms with E-state index in [4.69, 9.17) is 21.1 Å². The molecule has 8 nitrogen and oxygen atoms in total. The molecule has 0 aliphatic carbocycles. The predicted octanol–water partition coefficient (Wildman–Crippen LogP) is 4.30. The van der Waals surface area contributed by atoms with Gasteiger partial charge in [-0.05, 0) is 51.0 Å². The minimum atomic E-state index is -0.957. The molecule has 0 saturated carbocycles. The number of fused-ring (bicyclic) bond motifs is 1. The second kappa shape index (κ2) is 11.5. The van der Waals surface area contributed by atoms with Crippen LogP contribution < -0.4 is 20.1 Å². The van der Waals surface area contributed by atoms with Crippen LogP contribution in [-0.2, 0) is 22.6 Å². The second-order valence-electron chi connectivity index (χ2n) is 9.25. The molecule has 0 aliphatic rings. The van der Waals surface area contributed by atoms with Gasteiger partial charge in [0.1, 0.15) is 6.04 Å². The monoisotopic (exact) mass is 501 g/mol. The van der Waals surface area contributed by atoms with Gasteiger partial charge in [0, 0.05) is 46.7 Å². The highest BCUT2D eigenvalue weighted by Gasteiger charge is 2.21. The van der Waals surface area contributed by atoms with Crippen molar-refractivity contribution in [2.45, 2.75) is 52.2 Å². The molecule has 0 bridgehead atoms. The van der Waals surface area contributed by atoms with Gasteiger partial charge in [-0.15, -0.1) is 0 Å². The molecule has 0 radical (unpaired) electrons. The van der Waals surface area contributed by atoms with Crippen LogP contribution >= 0.6 is 11.6 Å². The van der Waals surface area contributed by atoms with Crippen LogP contribution in [0.1, 0.15) is 38.8 Å². The second-order valence-corrected chi connectivity index (χ2v) is 9.65. The topological polar surface area (TPSA) is 113 Å². The molecule has 3 aromatic rings. The van der Waals surface area contributed by atoms with E-state index in [-0.39, 0.29) is 24.6 Å². The maximum atomic E-state index is 12.1. The van der Waals surface area contributed by atoms with Gasteiger partial charge >= 0.3 is 5.97 Å². The summed E-state index contributed by atoms with van der Waals surface area (Å²) in [7, 11) is 0. The summed E-state index contributed by atoms with van der Waals surface area (Å²) in [5.74, 6) is -0.441. The zero-order valence-electron chi connectivity index (χ0n) is 20.4. The Morgan fingerprint density at radius 1 is 1.11 bits per heavy atom. The average molecular weight is 502 g/mol. The number of ether oxygens (including phenoxy) is 2. The van der Waals surface area contributed by atoms with Crippen molar-refractivity contribution in [1.82, 2.24) is 15.6 Å². The third-order valence-corrected chi connectivity index (χ3v) is 5.57. The van der Waals surface area contributed by atoms with E-state index in [9.17, 15) is 14.7 Å². The third kappa shape index (κ3) is 7.37. The van der Waals surface area contributed by atoms with Crippen LogP contribution in [0.25, 0.3) is 10.9 Å². The molecule has 0 saturated heterocycles. The molecule has 188 valence electrons. The molecule has 1 aromatic heterocycles. The predicted molar refractivity (Wildman–Crippen MR) is 136 cm³/mol. The van der Waals surface area contributed by atoms with E-state index in [0.29, 0.717) is 35.1 Å². The fourth-order valence-corrected chi connectivity index (χ4v) is 3.91. The van der Waals surface area contributed by atoms with Crippen molar-refractivity contribution in [2.75, 3.05) is 13.2 Å². The van der Waals surface area contributed by atoms with E-state index in [0.717, 1.165) is 16.5 Å². The van der Waals surface area contributed by atoms with Crippen LogP contribution in [0.3, 0.4) is 0 Å². The number of carboxylic acids is 1. The summed E-state index contributed by atoms with van der Waals surface area (Å²) in [6, 6.07) is 10.2. The highest BCUT2D eigenvalue weighted by Crippen LogP contribution is 2.34. The molecule has 0 fully saturated rings. The number of hydrogen-bond acceptors (Lipinski definition) is 5. The Balaban J connectivity index is 1.71. The average Bonchev–Trinajstić information content (AvgIpc) is 3.18. The Kier molecular flexibility index (Phi) is 8.64. The normalized spacial score (nSPS) is 12.4. The molecule has 4 N–H and O–H groups in total. The lowest BCUT2D eigenvalue weighted by Crippen LogP contribution is -2.43. The number of nitrogens with one attached hydrogen (secondary N) is 3. The number of rotatable bonds is 11. The maximum Gasteiger partial charge on any atom is 0.321 e. The lowest BCUT2D eigenvalue weighted by atomic mass is 10.0. The third-order valence-electron chi connectivity index (χ3n) is 5.22. The van der Waals surface area contributed by atoms with E-state index < -0.39 is 12.0 Å². The number of carbonyl (C=O) groups excluding carboxylic acids is 1. The largest absolute Gasteiger partial charge is 0.490 e. The van der Waals surface area contributed by atoms with E-state index >= 15 is 0 Å². The molecule has 9 heteroatoms. The Bertz CT molecular complexity index is 1190. The van der Waals surface area contributed by atoms with E-state index in [2.05, 4.69) is 15.6 Å². The van der Waals surface area contributed by atoms with Gasteiger partial charge in [0.2, 0.25) is 0 Å². The summed E-state index contributed by atoms with van der Waals surface area (Å²) in [4.78, 5) is 27.3. The Morgan fingerprint density at radius 2 is 1.83 bits per heavy atom. The quantitative estimate of drug-likeness (QED) is 0.311. The van der Waals surface area contributed by atoms with Gasteiger partial charge in [-0.25, -0.2) is 0 Å². The van der Waals surface area contributed by atoms with Crippen LogP contribution in [0.4, 0.5) is 0 Å². The molecule has 0 aliphatic heterocycles. The molecule has 1 amide bonds. The van der Waals surface area contributed by atoms with Crippen molar-refractivity contribution in [2.24, 2.45) is 0 Å². The van der Waals surface area contributed by atoms with Crippen LogP contribution in [-0.4, -0.2) is 46.8 Å². The first-order valence-electron chi connectivity index (χ1n) is 11.5. The van der Waals surface area contributed by atoms with Crippen molar-refractivity contribution < 1.29 is 24.2 Å². The fourth-order valence-electron chi connectivity index (χ4n) is 3.69.